The van der Waals surface area contributed by atoms with Crippen LogP contribution in [0.4, 0.5) is 5.82 Å². The summed E-state index contributed by atoms with van der Waals surface area (Å²) in [5.41, 5.74) is 13.6. The maximum atomic E-state index is 8.66. The van der Waals surface area contributed by atoms with Gasteiger partial charge in [0.2, 0.25) is 11.8 Å². The number of hydrogen-bond acceptors (Lipinski definition) is 7. The van der Waals surface area contributed by atoms with E-state index in [0.29, 0.717) is 27.8 Å². The molecule has 0 atom stereocenters. The van der Waals surface area contributed by atoms with Crippen LogP contribution < -0.4 is 11.5 Å². The minimum Gasteiger partial charge on any atom is -0.421 e. The highest BCUT2D eigenvalue weighted by Gasteiger charge is 2.16. The molecular weight excluding hydrogens is 332 g/mol. The predicted molar refractivity (Wildman–Crippen MR) is 103 cm³/mol. The first-order valence-corrected chi connectivity index (χ1v) is 7.39. The van der Waals surface area contributed by atoms with E-state index in [0.717, 1.165) is 0 Å². The van der Waals surface area contributed by atoms with Crippen LogP contribution in [0.25, 0.3) is 12.2 Å². The summed E-state index contributed by atoms with van der Waals surface area (Å²) in [6.45, 7) is 7.39. The highest BCUT2D eigenvalue weighted by atomic mass is 16.5. The van der Waals surface area contributed by atoms with Crippen molar-refractivity contribution in [2.24, 2.45) is 10.9 Å². The Balaban J connectivity index is 2.26. The summed E-state index contributed by atoms with van der Waals surface area (Å²) in [5, 5.41) is 27.7. The fraction of sp³-hybridized carbons (Fsp3) is 0. The average Bonchev–Trinajstić information content (AvgIpc) is 2.66. The van der Waals surface area contributed by atoms with Crippen molar-refractivity contribution in [2.75, 3.05) is 5.73 Å². The van der Waals surface area contributed by atoms with Gasteiger partial charge in [-0.05, 0) is 17.7 Å². The van der Waals surface area contributed by atoms with Gasteiger partial charge in [0.05, 0.1) is 5.56 Å². The van der Waals surface area contributed by atoms with Crippen molar-refractivity contribution in [1.82, 2.24) is 4.98 Å². The number of benzene rings is 1. The van der Waals surface area contributed by atoms with Crippen LogP contribution in [0.3, 0.4) is 0 Å². The van der Waals surface area contributed by atoms with Crippen LogP contribution in [0, 0.1) is 10.8 Å². The number of nitrogens with one attached hydrogen (secondary N) is 2. The number of rotatable bonds is 5. The second kappa shape index (κ2) is 7.75. The molecule has 0 spiro atoms. The minimum absolute atomic E-state index is 0.0442. The van der Waals surface area contributed by atoms with Gasteiger partial charge >= 0.3 is 0 Å². The number of amidine groups is 1. The molecule has 8 nitrogen and oxygen atoms in total. The summed E-state index contributed by atoms with van der Waals surface area (Å²) in [7, 11) is 0. The summed E-state index contributed by atoms with van der Waals surface area (Å²) in [4.78, 5) is 4.02. The first-order chi connectivity index (χ1) is 12.4. The van der Waals surface area contributed by atoms with E-state index in [9.17, 15) is 0 Å². The lowest BCUT2D eigenvalue weighted by molar-refractivity contribution is 0.318. The molecule has 0 radical (unpaired) electrons. The van der Waals surface area contributed by atoms with E-state index in [-0.39, 0.29) is 23.4 Å². The van der Waals surface area contributed by atoms with E-state index in [1.807, 2.05) is 0 Å². The Morgan fingerprint density at radius 1 is 1.08 bits per heavy atom. The average molecular weight is 350 g/mol. The monoisotopic (exact) mass is 350 g/mol. The van der Waals surface area contributed by atoms with E-state index in [1.54, 1.807) is 24.3 Å². The fourth-order valence-electron chi connectivity index (χ4n) is 2.24. The molecule has 7 N–H and O–H groups in total. The molecule has 0 saturated carbocycles. The fourth-order valence-corrected chi connectivity index (χ4v) is 2.24. The van der Waals surface area contributed by atoms with Gasteiger partial charge in [0.15, 0.2) is 5.84 Å². The number of ether oxygens (including phenoxy) is 1. The first-order valence-electron chi connectivity index (χ1n) is 7.39. The van der Waals surface area contributed by atoms with E-state index >= 15 is 0 Å². The van der Waals surface area contributed by atoms with Gasteiger partial charge < -0.3 is 21.4 Å². The Hall–Kier alpha value is -3.94. The molecule has 0 unspecified atom stereocenters. The summed E-state index contributed by atoms with van der Waals surface area (Å²) in [5.74, 6) is -0.299. The van der Waals surface area contributed by atoms with Gasteiger partial charge in [0.1, 0.15) is 5.82 Å². The number of oxime groups is 1. The molecular formula is C18H18N6O2. The van der Waals surface area contributed by atoms with E-state index in [4.69, 9.17) is 32.2 Å². The molecule has 2 aromatic rings. The van der Waals surface area contributed by atoms with E-state index in [1.165, 1.54) is 18.3 Å². The van der Waals surface area contributed by atoms with Crippen molar-refractivity contribution in [3.05, 3.63) is 71.4 Å². The van der Waals surface area contributed by atoms with Gasteiger partial charge in [0, 0.05) is 22.9 Å². The van der Waals surface area contributed by atoms with Crippen LogP contribution in [-0.2, 0) is 4.74 Å². The molecule has 0 bridgehead atoms. The Kier molecular flexibility index (Phi) is 5.49. The second-order valence-corrected chi connectivity index (χ2v) is 5.12. The number of nitrogens with two attached hydrogens (primary N) is 2. The summed E-state index contributed by atoms with van der Waals surface area (Å²) in [6, 6.07) is 6.27. The maximum Gasteiger partial charge on any atom is 0.223 e. The van der Waals surface area contributed by atoms with Crippen molar-refractivity contribution < 1.29 is 9.94 Å². The molecule has 1 aromatic heterocycles. The molecule has 0 aliphatic heterocycles. The van der Waals surface area contributed by atoms with Crippen molar-refractivity contribution in [1.29, 1.82) is 10.8 Å². The van der Waals surface area contributed by atoms with Crippen LogP contribution in [0.2, 0.25) is 0 Å². The number of nitrogen functional groups attached to an aromatic ring is 1. The lowest BCUT2D eigenvalue weighted by Gasteiger charge is -2.13. The zero-order valence-electron chi connectivity index (χ0n) is 13.9. The molecule has 0 aliphatic carbocycles. The number of hydrogen-bond donors (Lipinski definition) is 5. The standard InChI is InChI=1S/C18H18N6O2/c1-3-12-13(4-2)16(20)23-9-14(12)18(22)26-17(21)11-7-5-10(6-8-11)15(19)24-25/h3-9,21-22,25H,1-2H2,(H2,19,24)(H2,20,23). The van der Waals surface area contributed by atoms with Gasteiger partial charge in [-0.15, -0.1) is 0 Å². The molecule has 0 aliphatic rings. The summed E-state index contributed by atoms with van der Waals surface area (Å²) in [6.07, 6.45) is 4.43. The smallest absolute Gasteiger partial charge is 0.223 e. The molecule has 2 rings (SSSR count). The normalized spacial score (nSPS) is 10.8. The topological polar surface area (TPSA) is 154 Å². The van der Waals surface area contributed by atoms with Crippen LogP contribution in [0.15, 0.2) is 48.8 Å². The Labute approximate surface area is 150 Å². The SMILES string of the molecule is C=Cc1c(C(=N)OC(=N)c2ccc(/C(N)=N/O)cc2)cnc(N)c1C=C. The number of anilines is 1. The van der Waals surface area contributed by atoms with Gasteiger partial charge in [-0.1, -0.05) is 42.6 Å². The first kappa shape index (κ1) is 18.4. The van der Waals surface area contributed by atoms with Crippen LogP contribution in [-0.4, -0.2) is 27.8 Å². The number of aromatic nitrogens is 1. The number of nitrogens with zero attached hydrogens (tertiary/aromatic N) is 2. The molecule has 1 heterocycles. The Morgan fingerprint density at radius 2 is 1.65 bits per heavy atom. The van der Waals surface area contributed by atoms with Crippen LogP contribution in [0.1, 0.15) is 27.8 Å². The highest BCUT2D eigenvalue weighted by Crippen LogP contribution is 2.22. The van der Waals surface area contributed by atoms with E-state index in [2.05, 4.69) is 23.3 Å². The van der Waals surface area contributed by atoms with Gasteiger partial charge in [-0.2, -0.15) is 0 Å². The quantitative estimate of drug-likeness (QED) is 0.242. The molecule has 26 heavy (non-hydrogen) atoms. The summed E-state index contributed by atoms with van der Waals surface area (Å²) < 4.78 is 5.32. The van der Waals surface area contributed by atoms with Crippen molar-refractivity contribution in [2.45, 2.75) is 0 Å². The van der Waals surface area contributed by atoms with Gasteiger partial charge in [0.25, 0.3) is 0 Å². The zero-order valence-corrected chi connectivity index (χ0v) is 13.9. The van der Waals surface area contributed by atoms with Crippen molar-refractivity contribution >= 4 is 35.6 Å². The molecule has 0 fully saturated rings. The Bertz CT molecular complexity index is 916. The van der Waals surface area contributed by atoms with Crippen molar-refractivity contribution in [3.63, 3.8) is 0 Å². The Morgan fingerprint density at radius 3 is 2.19 bits per heavy atom. The zero-order chi connectivity index (χ0) is 19.3. The lowest BCUT2D eigenvalue weighted by Crippen LogP contribution is -2.16. The lowest BCUT2D eigenvalue weighted by atomic mass is 10.0. The molecule has 8 heteroatoms. The van der Waals surface area contributed by atoms with Crippen molar-refractivity contribution in [3.8, 4) is 0 Å². The second-order valence-electron chi connectivity index (χ2n) is 5.12. The molecule has 0 amide bonds. The molecule has 1 aromatic carbocycles. The molecule has 0 saturated heterocycles. The largest absolute Gasteiger partial charge is 0.421 e. The van der Waals surface area contributed by atoms with Gasteiger partial charge in [-0.25, -0.2) is 4.98 Å². The predicted octanol–water partition coefficient (Wildman–Crippen LogP) is 2.41. The third kappa shape index (κ3) is 3.59. The minimum atomic E-state index is -0.277. The van der Waals surface area contributed by atoms with E-state index < -0.39 is 0 Å². The van der Waals surface area contributed by atoms with Crippen LogP contribution in [0.5, 0.6) is 0 Å². The van der Waals surface area contributed by atoms with Crippen LogP contribution >= 0.6 is 0 Å². The van der Waals surface area contributed by atoms with Gasteiger partial charge in [-0.3, -0.25) is 10.8 Å². The highest BCUT2D eigenvalue weighted by molar-refractivity contribution is 6.07. The maximum absolute atomic E-state index is 8.66. The third-order valence-electron chi connectivity index (χ3n) is 3.60. The number of pyridine rings is 1. The molecule has 132 valence electrons. The third-order valence-corrected chi connectivity index (χ3v) is 3.60. The summed E-state index contributed by atoms with van der Waals surface area (Å²) >= 11 is 0.